The van der Waals surface area contributed by atoms with Crippen LogP contribution in [-0.4, -0.2) is 46.6 Å². The number of pyridine rings is 1. The lowest BCUT2D eigenvalue weighted by Gasteiger charge is -2.19. The van der Waals surface area contributed by atoms with Crippen molar-refractivity contribution in [1.29, 1.82) is 0 Å². The highest BCUT2D eigenvalue weighted by molar-refractivity contribution is 7.91. The Balaban J connectivity index is 1.13. The van der Waals surface area contributed by atoms with Crippen LogP contribution in [0.5, 0.6) is 0 Å². The Kier molecular flexibility index (Phi) is 8.43. The molecule has 2 amide bonds. The number of carbonyl (C=O) groups excluding carboxylic acids is 2. The molecule has 12 heteroatoms. The van der Waals surface area contributed by atoms with Gasteiger partial charge in [0.25, 0.3) is 11.5 Å². The number of anilines is 1. The first kappa shape index (κ1) is 28.7. The van der Waals surface area contributed by atoms with Crippen molar-refractivity contribution in [2.45, 2.75) is 37.4 Å². The number of hydrogen-bond acceptors (Lipinski definition) is 7. The van der Waals surface area contributed by atoms with Crippen LogP contribution in [0, 0.1) is 0 Å². The van der Waals surface area contributed by atoms with Gasteiger partial charge in [-0.05, 0) is 48.2 Å². The average molecular weight is 588 g/mol. The Morgan fingerprint density at radius 3 is 2.38 bits per heavy atom. The number of hydrogen-bond donors (Lipinski definition) is 2. The van der Waals surface area contributed by atoms with Crippen molar-refractivity contribution in [2.75, 3.05) is 17.6 Å². The van der Waals surface area contributed by atoms with Gasteiger partial charge in [0.2, 0.25) is 5.91 Å². The van der Waals surface area contributed by atoms with Crippen molar-refractivity contribution in [3.63, 3.8) is 0 Å². The second kappa shape index (κ2) is 12.4. The summed E-state index contributed by atoms with van der Waals surface area (Å²) in [5, 5.41) is 5.33. The van der Waals surface area contributed by atoms with Crippen molar-refractivity contribution in [2.24, 2.45) is 0 Å². The summed E-state index contributed by atoms with van der Waals surface area (Å²) in [7, 11) is -3.63. The molecule has 3 heterocycles. The largest absolute Gasteiger partial charge is 0.352 e. The molecular formula is C30H29N5O6S. The molecule has 0 saturated heterocycles. The van der Waals surface area contributed by atoms with Crippen LogP contribution in [0.1, 0.15) is 28.8 Å². The molecule has 11 nitrogen and oxygen atoms in total. The predicted molar refractivity (Wildman–Crippen MR) is 157 cm³/mol. The molecule has 5 rings (SSSR count). The molecule has 4 aromatic rings. The van der Waals surface area contributed by atoms with E-state index in [0.717, 1.165) is 31.9 Å². The minimum atomic E-state index is -3.63. The van der Waals surface area contributed by atoms with Crippen LogP contribution in [0.2, 0.25) is 0 Å². The lowest BCUT2D eigenvalue weighted by molar-refractivity contribution is -0.115. The Hall–Kier alpha value is -4.84. The summed E-state index contributed by atoms with van der Waals surface area (Å²) in [6, 6.07) is 20.9. The van der Waals surface area contributed by atoms with Gasteiger partial charge in [-0.1, -0.05) is 42.5 Å². The third kappa shape index (κ3) is 6.55. The van der Waals surface area contributed by atoms with E-state index in [2.05, 4.69) is 15.6 Å². The molecular weight excluding hydrogens is 558 g/mol. The Labute approximate surface area is 241 Å². The molecule has 1 aliphatic heterocycles. The Morgan fingerprint density at radius 2 is 1.67 bits per heavy atom. The summed E-state index contributed by atoms with van der Waals surface area (Å²) in [6.07, 6.45) is 2.53. The fraction of sp³-hybridized carbons (Fsp3) is 0.233. The van der Waals surface area contributed by atoms with Gasteiger partial charge in [-0.25, -0.2) is 18.2 Å². The molecule has 0 saturated carbocycles. The number of amides is 2. The molecule has 0 fully saturated rings. The molecule has 0 spiro atoms. The van der Waals surface area contributed by atoms with Crippen LogP contribution in [-0.2, 0) is 34.1 Å². The minimum Gasteiger partial charge on any atom is -0.352 e. The maximum Gasteiger partial charge on any atom is 0.331 e. The standard InChI is InChI=1S/C30H29N5O6S/c36-26(18-21-6-2-1-3-7-21)33-25-13-12-24(20-32-25)22-8-10-23(11-9-22)29(38)31-14-4-15-34-27(37)19-28-35(30(34)39)16-5-17-42(28,40)41/h1-3,6-13,19-20H,4-5,14-18H2,(H,31,38)(H,32,33,36). The van der Waals surface area contributed by atoms with E-state index in [4.69, 9.17) is 0 Å². The van der Waals surface area contributed by atoms with E-state index >= 15 is 0 Å². The van der Waals surface area contributed by atoms with Crippen molar-refractivity contribution in [1.82, 2.24) is 19.4 Å². The summed E-state index contributed by atoms with van der Waals surface area (Å²) in [5.41, 5.74) is 1.69. The quantitative estimate of drug-likeness (QED) is 0.225. The maximum atomic E-state index is 12.7. The summed E-state index contributed by atoms with van der Waals surface area (Å²) in [4.78, 5) is 54.3. The predicted octanol–water partition coefficient (Wildman–Crippen LogP) is 2.25. The molecule has 2 aromatic heterocycles. The third-order valence-corrected chi connectivity index (χ3v) is 8.72. The topological polar surface area (TPSA) is 149 Å². The first-order chi connectivity index (χ1) is 20.2. The van der Waals surface area contributed by atoms with E-state index in [9.17, 15) is 27.6 Å². The summed E-state index contributed by atoms with van der Waals surface area (Å²) >= 11 is 0. The highest BCUT2D eigenvalue weighted by Crippen LogP contribution is 2.20. The lowest BCUT2D eigenvalue weighted by atomic mass is 10.1. The van der Waals surface area contributed by atoms with Gasteiger partial charge in [0.15, 0.2) is 9.84 Å². The zero-order valence-electron chi connectivity index (χ0n) is 22.7. The van der Waals surface area contributed by atoms with Gasteiger partial charge in [-0.2, -0.15) is 0 Å². The first-order valence-electron chi connectivity index (χ1n) is 13.5. The molecule has 2 N–H and O–H groups in total. The number of fused-ring (bicyclic) bond motifs is 1. The van der Waals surface area contributed by atoms with Gasteiger partial charge in [0.1, 0.15) is 10.8 Å². The molecule has 42 heavy (non-hydrogen) atoms. The average Bonchev–Trinajstić information content (AvgIpc) is 2.98. The van der Waals surface area contributed by atoms with E-state index < -0.39 is 21.1 Å². The smallest absolute Gasteiger partial charge is 0.331 e. The van der Waals surface area contributed by atoms with Gasteiger partial charge in [-0.3, -0.25) is 23.5 Å². The van der Waals surface area contributed by atoms with Crippen LogP contribution < -0.4 is 21.9 Å². The van der Waals surface area contributed by atoms with Crippen LogP contribution in [0.25, 0.3) is 11.1 Å². The van der Waals surface area contributed by atoms with Crippen LogP contribution >= 0.6 is 0 Å². The van der Waals surface area contributed by atoms with Gasteiger partial charge < -0.3 is 10.6 Å². The van der Waals surface area contributed by atoms with E-state index in [1.807, 2.05) is 36.4 Å². The second-order valence-electron chi connectivity index (χ2n) is 9.91. The van der Waals surface area contributed by atoms with Crippen molar-refractivity contribution >= 4 is 27.5 Å². The Bertz CT molecular complexity index is 1830. The van der Waals surface area contributed by atoms with Crippen LogP contribution in [0.3, 0.4) is 0 Å². The van der Waals surface area contributed by atoms with Gasteiger partial charge in [-0.15, -0.1) is 0 Å². The van der Waals surface area contributed by atoms with Crippen molar-refractivity contribution in [3.05, 3.63) is 111 Å². The molecule has 1 aliphatic rings. The van der Waals surface area contributed by atoms with Crippen LogP contribution in [0.15, 0.2) is 93.6 Å². The second-order valence-corrected chi connectivity index (χ2v) is 12.0. The number of sulfone groups is 1. The molecule has 0 atom stereocenters. The van der Waals surface area contributed by atoms with Gasteiger partial charge in [0.05, 0.1) is 12.2 Å². The fourth-order valence-corrected chi connectivity index (χ4v) is 6.25. The molecule has 2 aromatic carbocycles. The molecule has 0 unspecified atom stereocenters. The number of nitrogens with one attached hydrogen (secondary N) is 2. The zero-order chi connectivity index (χ0) is 29.7. The molecule has 0 bridgehead atoms. The number of nitrogens with zero attached hydrogens (tertiary/aromatic N) is 3. The zero-order valence-corrected chi connectivity index (χ0v) is 23.5. The molecule has 0 radical (unpaired) electrons. The van der Waals surface area contributed by atoms with Gasteiger partial charge in [0, 0.05) is 43.0 Å². The van der Waals surface area contributed by atoms with Crippen LogP contribution in [0.4, 0.5) is 5.82 Å². The molecule has 0 aliphatic carbocycles. The maximum absolute atomic E-state index is 12.7. The first-order valence-corrected chi connectivity index (χ1v) is 15.1. The summed E-state index contributed by atoms with van der Waals surface area (Å²) in [6.45, 7) is 0.507. The van der Waals surface area contributed by atoms with E-state index in [-0.39, 0.29) is 48.6 Å². The minimum absolute atomic E-state index is 0.0485. The summed E-state index contributed by atoms with van der Waals surface area (Å²) < 4.78 is 26.5. The third-order valence-electron chi connectivity index (χ3n) is 6.92. The van der Waals surface area contributed by atoms with Gasteiger partial charge >= 0.3 is 5.69 Å². The number of benzene rings is 2. The highest BCUT2D eigenvalue weighted by atomic mass is 32.2. The fourth-order valence-electron chi connectivity index (χ4n) is 4.74. The highest BCUT2D eigenvalue weighted by Gasteiger charge is 2.26. The monoisotopic (exact) mass is 587 g/mol. The number of aromatic nitrogens is 3. The SMILES string of the molecule is O=C(Cc1ccccc1)Nc1ccc(-c2ccc(C(=O)NCCCn3c(=O)cc4n(c3=O)CCCS4(=O)=O)cc2)cn1. The number of carbonyl (C=O) groups is 2. The Morgan fingerprint density at radius 1 is 0.929 bits per heavy atom. The normalized spacial score (nSPS) is 13.6. The molecule has 216 valence electrons. The lowest BCUT2D eigenvalue weighted by Crippen LogP contribution is -2.44. The number of rotatable bonds is 9. The van der Waals surface area contributed by atoms with E-state index in [1.165, 1.54) is 0 Å². The summed E-state index contributed by atoms with van der Waals surface area (Å²) in [5.74, 6) is -0.103. The van der Waals surface area contributed by atoms with Crippen molar-refractivity contribution in [3.8, 4) is 11.1 Å². The van der Waals surface area contributed by atoms with E-state index in [1.54, 1.807) is 36.5 Å². The van der Waals surface area contributed by atoms with Crippen molar-refractivity contribution < 1.29 is 18.0 Å². The van der Waals surface area contributed by atoms with E-state index in [0.29, 0.717) is 24.2 Å².